The molecule has 0 aliphatic rings. The zero-order valence-corrected chi connectivity index (χ0v) is 23.1. The average molecular weight is 542 g/mol. The van der Waals surface area contributed by atoms with Crippen LogP contribution in [0.2, 0.25) is 5.02 Å². The molecule has 6 nitrogen and oxygen atoms in total. The third-order valence-electron chi connectivity index (χ3n) is 6.41. The van der Waals surface area contributed by atoms with Crippen LogP contribution in [0.4, 0.5) is 11.4 Å². The number of hydrogen-bond acceptors (Lipinski definition) is 4. The number of ether oxygens (including phenoxy) is 1. The van der Waals surface area contributed by atoms with Crippen LogP contribution in [0.1, 0.15) is 22.7 Å². The van der Waals surface area contributed by atoms with E-state index in [9.17, 15) is 9.59 Å². The smallest absolute Gasteiger partial charge is 0.251 e. The summed E-state index contributed by atoms with van der Waals surface area (Å²) < 4.78 is 5.45. The Morgan fingerprint density at radius 2 is 1.54 bits per heavy atom. The van der Waals surface area contributed by atoms with E-state index >= 15 is 0 Å². The van der Waals surface area contributed by atoms with Crippen LogP contribution >= 0.6 is 11.6 Å². The van der Waals surface area contributed by atoms with E-state index in [1.54, 1.807) is 30.2 Å². The van der Waals surface area contributed by atoms with Gasteiger partial charge in [0.2, 0.25) is 5.91 Å². The fourth-order valence-electron chi connectivity index (χ4n) is 4.32. The zero-order chi connectivity index (χ0) is 27.8. The van der Waals surface area contributed by atoms with E-state index in [1.807, 2.05) is 104 Å². The first-order chi connectivity index (χ1) is 18.8. The minimum absolute atomic E-state index is 0.152. The standard InChI is InChI=1S/C32H32ClN3O3/c1-35(2)28-18-16-27(17-19-28)34-32(38)31(25-10-7-11-29(21-25)39-3)36(22-24-12-14-26(33)15-13-24)30(37)20-23-8-5-4-6-9-23/h4-19,21,31H,20,22H2,1-3H3,(H,34,38). The predicted molar refractivity (Wildman–Crippen MR) is 157 cm³/mol. The maximum atomic E-state index is 14.0. The Bertz CT molecular complexity index is 1390. The summed E-state index contributed by atoms with van der Waals surface area (Å²) in [5.74, 6) is 0.0981. The molecule has 0 saturated carbocycles. The summed E-state index contributed by atoms with van der Waals surface area (Å²) in [7, 11) is 5.49. The lowest BCUT2D eigenvalue weighted by Gasteiger charge is -2.32. The van der Waals surface area contributed by atoms with Crippen LogP contribution in [0.15, 0.2) is 103 Å². The topological polar surface area (TPSA) is 61.9 Å². The highest BCUT2D eigenvalue weighted by atomic mass is 35.5. The van der Waals surface area contributed by atoms with Gasteiger partial charge in [-0.1, -0.05) is 66.2 Å². The Labute approximate surface area is 234 Å². The van der Waals surface area contributed by atoms with Crippen molar-refractivity contribution in [3.05, 3.63) is 125 Å². The lowest BCUT2D eigenvalue weighted by Crippen LogP contribution is -2.41. The Balaban J connectivity index is 1.74. The molecule has 39 heavy (non-hydrogen) atoms. The molecule has 200 valence electrons. The van der Waals surface area contributed by atoms with E-state index < -0.39 is 6.04 Å². The van der Waals surface area contributed by atoms with Gasteiger partial charge in [0.1, 0.15) is 11.8 Å². The fourth-order valence-corrected chi connectivity index (χ4v) is 4.45. The number of anilines is 2. The van der Waals surface area contributed by atoms with E-state index in [4.69, 9.17) is 16.3 Å². The second-order valence-corrected chi connectivity index (χ2v) is 9.86. The molecule has 0 saturated heterocycles. The van der Waals surface area contributed by atoms with Crippen molar-refractivity contribution in [3.8, 4) is 5.75 Å². The molecule has 0 aliphatic heterocycles. The van der Waals surface area contributed by atoms with Crippen molar-refractivity contribution < 1.29 is 14.3 Å². The van der Waals surface area contributed by atoms with Crippen LogP contribution in [0.5, 0.6) is 5.75 Å². The Hall–Kier alpha value is -4.29. The van der Waals surface area contributed by atoms with Gasteiger partial charge in [0, 0.05) is 37.0 Å². The fraction of sp³-hybridized carbons (Fsp3) is 0.188. The minimum Gasteiger partial charge on any atom is -0.497 e. The third kappa shape index (κ3) is 7.39. The van der Waals surface area contributed by atoms with Crippen molar-refractivity contribution in [2.75, 3.05) is 31.4 Å². The molecule has 0 spiro atoms. The monoisotopic (exact) mass is 541 g/mol. The van der Waals surface area contributed by atoms with Gasteiger partial charge in [-0.05, 0) is 65.2 Å². The van der Waals surface area contributed by atoms with Crippen molar-refractivity contribution in [2.45, 2.75) is 19.0 Å². The first-order valence-electron chi connectivity index (χ1n) is 12.6. The highest BCUT2D eigenvalue weighted by molar-refractivity contribution is 6.30. The van der Waals surface area contributed by atoms with Crippen LogP contribution < -0.4 is 15.0 Å². The number of nitrogens with one attached hydrogen (secondary N) is 1. The van der Waals surface area contributed by atoms with Gasteiger partial charge in [-0.15, -0.1) is 0 Å². The maximum absolute atomic E-state index is 14.0. The van der Waals surface area contributed by atoms with Crippen LogP contribution in [0.25, 0.3) is 0 Å². The largest absolute Gasteiger partial charge is 0.497 e. The van der Waals surface area contributed by atoms with Gasteiger partial charge >= 0.3 is 0 Å². The van der Waals surface area contributed by atoms with E-state index in [0.717, 1.165) is 16.8 Å². The summed E-state index contributed by atoms with van der Waals surface area (Å²) in [6, 6.07) is 30.7. The number of amides is 2. The lowest BCUT2D eigenvalue weighted by atomic mass is 10.0. The molecule has 0 aromatic heterocycles. The average Bonchev–Trinajstić information content (AvgIpc) is 2.94. The summed E-state index contributed by atoms with van der Waals surface area (Å²) in [4.78, 5) is 31.5. The van der Waals surface area contributed by atoms with Gasteiger partial charge in [0.25, 0.3) is 5.91 Å². The van der Waals surface area contributed by atoms with Crippen molar-refractivity contribution in [1.82, 2.24) is 4.90 Å². The second kappa shape index (κ2) is 13.0. The Morgan fingerprint density at radius 3 is 2.18 bits per heavy atom. The maximum Gasteiger partial charge on any atom is 0.251 e. The molecule has 2 amide bonds. The van der Waals surface area contributed by atoms with Gasteiger partial charge < -0.3 is 19.9 Å². The molecule has 4 aromatic rings. The number of rotatable bonds is 10. The second-order valence-electron chi connectivity index (χ2n) is 9.42. The molecule has 7 heteroatoms. The number of benzene rings is 4. The Morgan fingerprint density at radius 1 is 0.846 bits per heavy atom. The zero-order valence-electron chi connectivity index (χ0n) is 22.3. The van der Waals surface area contributed by atoms with Crippen molar-refractivity contribution in [1.29, 1.82) is 0 Å². The molecular formula is C32H32ClN3O3. The molecule has 0 radical (unpaired) electrons. The molecule has 1 atom stereocenters. The number of hydrogen-bond donors (Lipinski definition) is 1. The lowest BCUT2D eigenvalue weighted by molar-refractivity contribution is -0.139. The molecular weight excluding hydrogens is 510 g/mol. The van der Waals surface area contributed by atoms with E-state index in [0.29, 0.717) is 22.0 Å². The quantitative estimate of drug-likeness (QED) is 0.253. The normalized spacial score (nSPS) is 11.4. The molecule has 1 unspecified atom stereocenters. The van der Waals surface area contributed by atoms with E-state index in [-0.39, 0.29) is 24.8 Å². The number of methoxy groups -OCH3 is 1. The van der Waals surface area contributed by atoms with Crippen LogP contribution in [-0.2, 0) is 22.6 Å². The summed E-state index contributed by atoms with van der Waals surface area (Å²) >= 11 is 6.12. The van der Waals surface area contributed by atoms with Crippen LogP contribution in [-0.4, -0.2) is 37.9 Å². The van der Waals surface area contributed by atoms with Gasteiger partial charge in [-0.25, -0.2) is 0 Å². The summed E-state index contributed by atoms with van der Waals surface area (Å²) in [5.41, 5.74) is 4.02. The van der Waals surface area contributed by atoms with Gasteiger partial charge in [-0.2, -0.15) is 0 Å². The minimum atomic E-state index is -0.916. The predicted octanol–water partition coefficient (Wildman–Crippen LogP) is 6.37. The highest BCUT2D eigenvalue weighted by Crippen LogP contribution is 2.29. The van der Waals surface area contributed by atoms with Gasteiger partial charge in [0.05, 0.1) is 13.5 Å². The molecule has 0 bridgehead atoms. The number of halogens is 1. The molecule has 0 aliphatic carbocycles. The number of nitrogens with zero attached hydrogens (tertiary/aromatic N) is 2. The number of carbonyl (C=O) groups is 2. The first-order valence-corrected chi connectivity index (χ1v) is 13.0. The van der Waals surface area contributed by atoms with Crippen LogP contribution in [0, 0.1) is 0 Å². The molecule has 0 fully saturated rings. The molecule has 4 rings (SSSR count). The van der Waals surface area contributed by atoms with Crippen LogP contribution in [0.3, 0.4) is 0 Å². The molecule has 0 heterocycles. The summed E-state index contributed by atoms with van der Waals surface area (Å²) in [6.45, 7) is 0.220. The third-order valence-corrected chi connectivity index (χ3v) is 6.66. The van der Waals surface area contributed by atoms with E-state index in [1.165, 1.54) is 0 Å². The Kier molecular flexibility index (Phi) is 9.23. The molecule has 4 aromatic carbocycles. The first kappa shape index (κ1) is 27.7. The number of carbonyl (C=O) groups excluding carboxylic acids is 2. The van der Waals surface area contributed by atoms with Crippen molar-refractivity contribution in [2.24, 2.45) is 0 Å². The summed E-state index contributed by atoms with van der Waals surface area (Å²) in [5, 5.41) is 3.63. The van der Waals surface area contributed by atoms with Gasteiger partial charge in [-0.3, -0.25) is 9.59 Å². The molecule has 1 N–H and O–H groups in total. The van der Waals surface area contributed by atoms with Gasteiger partial charge in [0.15, 0.2) is 0 Å². The van der Waals surface area contributed by atoms with Crippen molar-refractivity contribution in [3.63, 3.8) is 0 Å². The SMILES string of the molecule is COc1cccc(C(C(=O)Nc2ccc(N(C)C)cc2)N(Cc2ccc(Cl)cc2)C(=O)Cc2ccccc2)c1. The van der Waals surface area contributed by atoms with Crippen molar-refractivity contribution >= 4 is 34.8 Å². The summed E-state index contributed by atoms with van der Waals surface area (Å²) in [6.07, 6.45) is 0.152. The van der Waals surface area contributed by atoms with E-state index in [2.05, 4.69) is 5.32 Å². The highest BCUT2D eigenvalue weighted by Gasteiger charge is 2.32.